The fourth-order valence-corrected chi connectivity index (χ4v) is 5.70. The molecule has 3 amide bonds. The van der Waals surface area contributed by atoms with Crippen molar-refractivity contribution in [3.8, 4) is 5.75 Å². The lowest BCUT2D eigenvalue weighted by Gasteiger charge is -2.13. The highest BCUT2D eigenvalue weighted by Crippen LogP contribution is 2.35. The Labute approximate surface area is 226 Å². The van der Waals surface area contributed by atoms with Crippen molar-refractivity contribution in [1.82, 2.24) is 14.8 Å². The van der Waals surface area contributed by atoms with Gasteiger partial charge in [0.1, 0.15) is 18.9 Å². The van der Waals surface area contributed by atoms with E-state index in [0.29, 0.717) is 17.2 Å². The van der Waals surface area contributed by atoms with Crippen LogP contribution in [0, 0.1) is 0 Å². The summed E-state index contributed by atoms with van der Waals surface area (Å²) in [6, 6.07) is 15.3. The van der Waals surface area contributed by atoms with Crippen molar-refractivity contribution in [2.45, 2.75) is 38.8 Å². The summed E-state index contributed by atoms with van der Waals surface area (Å²) >= 11 is 0.927. The molecule has 0 saturated carbocycles. The van der Waals surface area contributed by atoms with E-state index in [9.17, 15) is 14.4 Å². The number of amides is 3. The van der Waals surface area contributed by atoms with Crippen molar-refractivity contribution in [2.75, 3.05) is 26.3 Å². The number of fused-ring (bicyclic) bond motifs is 1. The predicted octanol–water partition coefficient (Wildman–Crippen LogP) is 4.61. The SMILES string of the molecule is CCc1cccc2c(/C=C3\SC(=O)N(CCOc4ccccc4)C3=O)cn(CC(=O)NC[C@H]3CCCO3)c12. The molecule has 38 heavy (non-hydrogen) atoms. The minimum Gasteiger partial charge on any atom is -0.492 e. The Kier molecular flexibility index (Phi) is 8.14. The second-order valence-corrected chi connectivity index (χ2v) is 10.3. The summed E-state index contributed by atoms with van der Waals surface area (Å²) in [7, 11) is 0. The number of thioether (sulfide) groups is 1. The minimum atomic E-state index is -0.335. The van der Waals surface area contributed by atoms with Crippen LogP contribution in [0.1, 0.15) is 30.9 Å². The first kappa shape index (κ1) is 26.1. The number of imide groups is 1. The number of hydrogen-bond acceptors (Lipinski definition) is 6. The van der Waals surface area contributed by atoms with E-state index >= 15 is 0 Å². The standard InChI is InChI=1S/C29H31N3O5S/c1-2-20-8-6-12-24-21(18-31(27(20)24)19-26(33)30-17-23-11-7-14-36-23)16-25-28(34)32(29(35)38-25)13-15-37-22-9-4-3-5-10-22/h3-6,8-10,12,16,18,23H,2,7,11,13-15,17,19H2,1H3,(H,30,33)/b25-16-/t23-/m1/s1. The molecule has 2 aliphatic rings. The van der Waals surface area contributed by atoms with Gasteiger partial charge < -0.3 is 19.4 Å². The van der Waals surface area contributed by atoms with Crippen LogP contribution in [0.2, 0.25) is 0 Å². The lowest BCUT2D eigenvalue weighted by atomic mass is 10.1. The Morgan fingerprint density at radius 2 is 2.03 bits per heavy atom. The minimum absolute atomic E-state index is 0.0795. The maximum Gasteiger partial charge on any atom is 0.293 e. The van der Waals surface area contributed by atoms with Gasteiger partial charge in [-0.3, -0.25) is 19.3 Å². The van der Waals surface area contributed by atoms with Gasteiger partial charge in [-0.05, 0) is 54.8 Å². The molecule has 0 radical (unpaired) electrons. The fraction of sp³-hybridized carbons (Fsp3) is 0.345. The zero-order chi connectivity index (χ0) is 26.5. The molecule has 2 aromatic carbocycles. The van der Waals surface area contributed by atoms with Gasteiger partial charge in [-0.25, -0.2) is 0 Å². The quantitative estimate of drug-likeness (QED) is 0.383. The lowest BCUT2D eigenvalue weighted by Crippen LogP contribution is -2.34. The van der Waals surface area contributed by atoms with E-state index < -0.39 is 0 Å². The zero-order valence-corrected chi connectivity index (χ0v) is 22.2. The Bertz CT molecular complexity index is 1360. The number of nitrogens with one attached hydrogen (secondary N) is 1. The van der Waals surface area contributed by atoms with E-state index in [4.69, 9.17) is 9.47 Å². The molecule has 0 unspecified atom stereocenters. The van der Waals surface area contributed by atoms with Gasteiger partial charge in [0.25, 0.3) is 11.1 Å². The fourth-order valence-electron chi connectivity index (χ4n) is 4.84. The number of aryl methyl sites for hydroxylation is 1. The largest absolute Gasteiger partial charge is 0.492 e. The molecular formula is C29H31N3O5S. The molecule has 1 atom stereocenters. The van der Waals surface area contributed by atoms with Crippen LogP contribution in [0.4, 0.5) is 4.79 Å². The summed E-state index contributed by atoms with van der Waals surface area (Å²) in [5.41, 5.74) is 2.87. The summed E-state index contributed by atoms with van der Waals surface area (Å²) < 4.78 is 13.2. The molecule has 8 nitrogen and oxygen atoms in total. The van der Waals surface area contributed by atoms with Crippen LogP contribution in [0.3, 0.4) is 0 Å². The average molecular weight is 534 g/mol. The normalized spacial score (nSPS) is 18.6. The van der Waals surface area contributed by atoms with Crippen LogP contribution < -0.4 is 10.1 Å². The molecular weight excluding hydrogens is 502 g/mol. The van der Waals surface area contributed by atoms with Crippen LogP contribution in [-0.4, -0.2) is 58.9 Å². The number of carbonyl (C=O) groups is 3. The van der Waals surface area contributed by atoms with Gasteiger partial charge in [-0.2, -0.15) is 0 Å². The highest BCUT2D eigenvalue weighted by Gasteiger charge is 2.35. The van der Waals surface area contributed by atoms with Gasteiger partial charge in [0.2, 0.25) is 5.91 Å². The Morgan fingerprint density at radius 3 is 2.79 bits per heavy atom. The van der Waals surface area contributed by atoms with Gasteiger partial charge in [0, 0.05) is 30.3 Å². The van der Waals surface area contributed by atoms with Crippen molar-refractivity contribution in [1.29, 1.82) is 0 Å². The van der Waals surface area contributed by atoms with E-state index in [-0.39, 0.29) is 42.9 Å². The maximum atomic E-state index is 13.1. The first-order valence-electron chi connectivity index (χ1n) is 13.0. The Balaban J connectivity index is 1.33. The lowest BCUT2D eigenvalue weighted by molar-refractivity contribution is -0.123. The second-order valence-electron chi connectivity index (χ2n) is 9.31. The summed E-state index contributed by atoms with van der Waals surface area (Å²) in [5, 5.41) is 3.61. The van der Waals surface area contributed by atoms with Gasteiger partial charge in [0.15, 0.2) is 0 Å². The third kappa shape index (κ3) is 5.79. The van der Waals surface area contributed by atoms with Crippen molar-refractivity contribution in [2.24, 2.45) is 0 Å². The molecule has 9 heteroatoms. The molecule has 0 aliphatic carbocycles. The van der Waals surface area contributed by atoms with Crippen molar-refractivity contribution < 1.29 is 23.9 Å². The molecule has 5 rings (SSSR count). The van der Waals surface area contributed by atoms with Crippen LogP contribution >= 0.6 is 11.8 Å². The first-order valence-corrected chi connectivity index (χ1v) is 13.8. The molecule has 3 heterocycles. The molecule has 198 valence electrons. The highest BCUT2D eigenvalue weighted by atomic mass is 32.2. The molecule has 2 saturated heterocycles. The average Bonchev–Trinajstić information content (AvgIpc) is 3.64. The van der Waals surface area contributed by atoms with Gasteiger partial charge in [-0.15, -0.1) is 0 Å². The zero-order valence-electron chi connectivity index (χ0n) is 21.4. The third-order valence-corrected chi connectivity index (χ3v) is 7.65. The van der Waals surface area contributed by atoms with E-state index in [1.165, 1.54) is 4.90 Å². The smallest absolute Gasteiger partial charge is 0.293 e. The van der Waals surface area contributed by atoms with Crippen LogP contribution in [0.5, 0.6) is 5.75 Å². The number of nitrogens with zero attached hydrogens (tertiary/aromatic N) is 2. The molecule has 1 N–H and O–H groups in total. The van der Waals surface area contributed by atoms with E-state index in [1.54, 1.807) is 6.08 Å². The van der Waals surface area contributed by atoms with Crippen LogP contribution in [0.25, 0.3) is 17.0 Å². The molecule has 2 aliphatic heterocycles. The predicted molar refractivity (Wildman–Crippen MR) is 148 cm³/mol. The van der Waals surface area contributed by atoms with Crippen LogP contribution in [0.15, 0.2) is 59.6 Å². The van der Waals surface area contributed by atoms with Crippen molar-refractivity contribution in [3.63, 3.8) is 0 Å². The van der Waals surface area contributed by atoms with E-state index in [1.807, 2.05) is 59.3 Å². The second kappa shape index (κ2) is 11.9. The molecule has 0 bridgehead atoms. The van der Waals surface area contributed by atoms with E-state index in [0.717, 1.165) is 59.7 Å². The number of ether oxygens (including phenoxy) is 2. The molecule has 1 aromatic heterocycles. The van der Waals surface area contributed by atoms with E-state index in [2.05, 4.69) is 12.2 Å². The Hall–Kier alpha value is -3.56. The van der Waals surface area contributed by atoms with Gasteiger partial charge in [-0.1, -0.05) is 43.3 Å². The molecule has 0 spiro atoms. The maximum absolute atomic E-state index is 13.1. The van der Waals surface area contributed by atoms with Crippen LogP contribution in [-0.2, 0) is 27.3 Å². The summed E-state index contributed by atoms with van der Waals surface area (Å²) in [4.78, 5) is 40.1. The third-order valence-electron chi connectivity index (χ3n) is 6.75. The summed E-state index contributed by atoms with van der Waals surface area (Å²) in [5.74, 6) is 0.265. The van der Waals surface area contributed by atoms with Gasteiger partial charge >= 0.3 is 0 Å². The van der Waals surface area contributed by atoms with Crippen molar-refractivity contribution in [3.05, 3.63) is 70.8 Å². The number of benzene rings is 2. The monoisotopic (exact) mass is 533 g/mol. The first-order chi connectivity index (χ1) is 18.5. The number of carbonyl (C=O) groups excluding carboxylic acids is 3. The number of para-hydroxylation sites is 2. The highest BCUT2D eigenvalue weighted by molar-refractivity contribution is 8.18. The number of rotatable bonds is 10. The van der Waals surface area contributed by atoms with Gasteiger partial charge in [0.05, 0.1) is 23.1 Å². The number of hydrogen-bond donors (Lipinski definition) is 1. The summed E-state index contributed by atoms with van der Waals surface area (Å²) in [6.45, 7) is 3.88. The Morgan fingerprint density at radius 1 is 1.18 bits per heavy atom. The number of aromatic nitrogens is 1. The van der Waals surface area contributed by atoms with Crippen molar-refractivity contribution >= 4 is 45.8 Å². The molecule has 2 fully saturated rings. The topological polar surface area (TPSA) is 89.9 Å². The molecule has 3 aromatic rings. The summed E-state index contributed by atoms with van der Waals surface area (Å²) in [6.07, 6.45) is 6.52.